The summed E-state index contributed by atoms with van der Waals surface area (Å²) >= 11 is 11.9. The highest BCUT2D eigenvalue weighted by Gasteiger charge is 2.07. The Bertz CT molecular complexity index is 873. The Kier molecular flexibility index (Phi) is 4.55. The Hall–Kier alpha value is -2.43. The first-order valence-corrected chi connectivity index (χ1v) is 7.43. The number of ketones is 1. The van der Waals surface area contributed by atoms with Crippen molar-refractivity contribution in [2.45, 2.75) is 0 Å². The highest BCUT2D eigenvalue weighted by atomic mass is 35.5. The molecule has 0 aliphatic heterocycles. The molecule has 23 heavy (non-hydrogen) atoms. The van der Waals surface area contributed by atoms with Crippen LogP contribution in [0.1, 0.15) is 16.2 Å². The van der Waals surface area contributed by atoms with Crippen molar-refractivity contribution < 1.29 is 9.21 Å². The standard InChI is InChI=1S/C17H10Cl2N2O2/c18-13-4-1-11(9-14(13)19)17-6-3-12(23-17)2-5-16(22)15-10-20-7-8-21-15/h1-10H/b5-2+. The summed E-state index contributed by atoms with van der Waals surface area (Å²) in [5.74, 6) is 0.934. The van der Waals surface area contributed by atoms with Gasteiger partial charge in [0, 0.05) is 18.0 Å². The molecule has 2 aromatic heterocycles. The largest absolute Gasteiger partial charge is 0.457 e. The van der Waals surface area contributed by atoms with E-state index >= 15 is 0 Å². The van der Waals surface area contributed by atoms with E-state index in [-0.39, 0.29) is 11.5 Å². The van der Waals surface area contributed by atoms with Crippen molar-refractivity contribution in [3.63, 3.8) is 0 Å². The van der Waals surface area contributed by atoms with Crippen LogP contribution < -0.4 is 0 Å². The molecule has 0 saturated heterocycles. The Balaban J connectivity index is 1.78. The molecular formula is C17H10Cl2N2O2. The zero-order valence-electron chi connectivity index (χ0n) is 11.7. The van der Waals surface area contributed by atoms with Crippen LogP contribution in [0.4, 0.5) is 0 Å². The maximum Gasteiger partial charge on any atom is 0.205 e. The van der Waals surface area contributed by atoms with Crippen LogP contribution in [0.3, 0.4) is 0 Å². The number of furan rings is 1. The van der Waals surface area contributed by atoms with E-state index in [2.05, 4.69) is 9.97 Å². The molecule has 114 valence electrons. The Morgan fingerprint density at radius 2 is 1.96 bits per heavy atom. The van der Waals surface area contributed by atoms with Gasteiger partial charge in [-0.1, -0.05) is 23.2 Å². The van der Waals surface area contributed by atoms with E-state index in [0.29, 0.717) is 21.6 Å². The fourth-order valence-electron chi connectivity index (χ4n) is 1.92. The maximum absolute atomic E-state index is 11.9. The van der Waals surface area contributed by atoms with Crippen LogP contribution in [0.5, 0.6) is 0 Å². The van der Waals surface area contributed by atoms with Crippen molar-refractivity contribution in [3.05, 3.63) is 76.5 Å². The lowest BCUT2D eigenvalue weighted by molar-refractivity contribution is 0.104. The molecule has 0 spiro atoms. The van der Waals surface area contributed by atoms with E-state index < -0.39 is 0 Å². The predicted octanol–water partition coefficient (Wildman–Crippen LogP) is 4.94. The minimum Gasteiger partial charge on any atom is -0.457 e. The van der Waals surface area contributed by atoms with Gasteiger partial charge in [0.1, 0.15) is 17.2 Å². The topological polar surface area (TPSA) is 56.0 Å². The molecule has 0 aliphatic carbocycles. The van der Waals surface area contributed by atoms with Crippen LogP contribution in [0.25, 0.3) is 17.4 Å². The van der Waals surface area contributed by atoms with Crippen LogP contribution in [0.2, 0.25) is 10.0 Å². The van der Waals surface area contributed by atoms with E-state index in [1.54, 1.807) is 30.3 Å². The van der Waals surface area contributed by atoms with Gasteiger partial charge in [-0.2, -0.15) is 0 Å². The van der Waals surface area contributed by atoms with E-state index in [4.69, 9.17) is 27.6 Å². The first kappa shape index (κ1) is 15.5. The number of benzene rings is 1. The van der Waals surface area contributed by atoms with Crippen molar-refractivity contribution in [1.82, 2.24) is 9.97 Å². The molecule has 0 atom stereocenters. The van der Waals surface area contributed by atoms with Crippen molar-refractivity contribution in [2.24, 2.45) is 0 Å². The summed E-state index contributed by atoms with van der Waals surface area (Å²) in [6.07, 6.45) is 7.36. The second-order valence-corrected chi connectivity index (χ2v) is 5.43. The Labute approximate surface area is 142 Å². The van der Waals surface area contributed by atoms with E-state index in [1.165, 1.54) is 24.7 Å². The lowest BCUT2D eigenvalue weighted by atomic mass is 10.2. The van der Waals surface area contributed by atoms with Crippen molar-refractivity contribution in [3.8, 4) is 11.3 Å². The first-order chi connectivity index (χ1) is 11.1. The third kappa shape index (κ3) is 3.67. The van der Waals surface area contributed by atoms with Crippen molar-refractivity contribution in [2.75, 3.05) is 0 Å². The molecule has 4 nitrogen and oxygen atoms in total. The predicted molar refractivity (Wildman–Crippen MR) is 89.6 cm³/mol. The summed E-state index contributed by atoms with van der Waals surface area (Å²) in [5.41, 5.74) is 1.08. The lowest BCUT2D eigenvalue weighted by Crippen LogP contribution is -1.97. The van der Waals surface area contributed by atoms with Crippen molar-refractivity contribution in [1.29, 1.82) is 0 Å². The van der Waals surface area contributed by atoms with Crippen LogP contribution in [0.15, 0.2) is 59.4 Å². The number of carbonyl (C=O) groups excluding carboxylic acids is 1. The minimum atomic E-state index is -0.245. The summed E-state index contributed by atoms with van der Waals surface area (Å²) in [7, 11) is 0. The normalized spacial score (nSPS) is 11.0. The van der Waals surface area contributed by atoms with Gasteiger partial charge in [0.2, 0.25) is 5.78 Å². The summed E-state index contributed by atoms with van der Waals surface area (Å²) in [6.45, 7) is 0. The van der Waals surface area contributed by atoms with Gasteiger partial charge in [-0.15, -0.1) is 0 Å². The number of allylic oxidation sites excluding steroid dienone is 1. The monoisotopic (exact) mass is 344 g/mol. The second-order valence-electron chi connectivity index (χ2n) is 4.62. The third-order valence-electron chi connectivity index (χ3n) is 3.05. The molecule has 0 bridgehead atoms. The molecule has 0 aliphatic rings. The van der Waals surface area contributed by atoms with Crippen LogP contribution in [-0.4, -0.2) is 15.8 Å². The van der Waals surface area contributed by atoms with Gasteiger partial charge >= 0.3 is 0 Å². The minimum absolute atomic E-state index is 0.245. The number of rotatable bonds is 4. The lowest BCUT2D eigenvalue weighted by Gasteiger charge is -1.99. The molecule has 0 fully saturated rings. The number of carbonyl (C=O) groups is 1. The average molecular weight is 345 g/mol. The number of hydrogen-bond acceptors (Lipinski definition) is 4. The van der Waals surface area contributed by atoms with Gasteiger partial charge in [0.05, 0.1) is 16.2 Å². The Morgan fingerprint density at radius 3 is 2.70 bits per heavy atom. The molecule has 1 aromatic carbocycles. The summed E-state index contributed by atoms with van der Waals surface area (Å²) in [4.78, 5) is 19.7. The molecular weight excluding hydrogens is 335 g/mol. The fraction of sp³-hybridized carbons (Fsp3) is 0. The van der Waals surface area contributed by atoms with Crippen LogP contribution in [-0.2, 0) is 0 Å². The summed E-state index contributed by atoms with van der Waals surface area (Å²) in [6, 6.07) is 8.80. The number of aromatic nitrogens is 2. The highest BCUT2D eigenvalue weighted by molar-refractivity contribution is 6.42. The summed E-state index contributed by atoms with van der Waals surface area (Å²) < 4.78 is 5.67. The molecule has 0 N–H and O–H groups in total. The maximum atomic E-state index is 11.9. The van der Waals surface area contributed by atoms with Gasteiger partial charge in [-0.3, -0.25) is 9.78 Å². The fourth-order valence-corrected chi connectivity index (χ4v) is 2.21. The molecule has 6 heteroatoms. The number of halogens is 2. The first-order valence-electron chi connectivity index (χ1n) is 6.67. The second kappa shape index (κ2) is 6.77. The van der Waals surface area contributed by atoms with Crippen LogP contribution in [0, 0.1) is 0 Å². The van der Waals surface area contributed by atoms with Gasteiger partial charge in [-0.05, 0) is 42.5 Å². The van der Waals surface area contributed by atoms with Gasteiger partial charge in [-0.25, -0.2) is 4.98 Å². The Morgan fingerprint density at radius 1 is 1.09 bits per heavy atom. The zero-order chi connectivity index (χ0) is 16.2. The van der Waals surface area contributed by atoms with Gasteiger partial charge in [0.25, 0.3) is 0 Å². The molecule has 0 saturated carbocycles. The molecule has 2 heterocycles. The van der Waals surface area contributed by atoms with Gasteiger partial charge < -0.3 is 4.42 Å². The quantitative estimate of drug-likeness (QED) is 0.496. The summed E-state index contributed by atoms with van der Waals surface area (Å²) in [5, 5.41) is 0.937. The number of hydrogen-bond donors (Lipinski definition) is 0. The molecule has 0 radical (unpaired) electrons. The average Bonchev–Trinajstić information content (AvgIpc) is 3.05. The highest BCUT2D eigenvalue weighted by Crippen LogP contribution is 2.29. The molecule has 0 unspecified atom stereocenters. The van der Waals surface area contributed by atoms with Crippen molar-refractivity contribution >= 4 is 35.1 Å². The smallest absolute Gasteiger partial charge is 0.205 e. The SMILES string of the molecule is O=C(/C=C/c1ccc(-c2ccc(Cl)c(Cl)c2)o1)c1cnccn1. The van der Waals surface area contributed by atoms with E-state index in [9.17, 15) is 4.79 Å². The molecule has 3 aromatic rings. The molecule has 3 rings (SSSR count). The zero-order valence-corrected chi connectivity index (χ0v) is 13.3. The third-order valence-corrected chi connectivity index (χ3v) is 3.78. The number of nitrogens with zero attached hydrogens (tertiary/aromatic N) is 2. The van der Waals surface area contributed by atoms with E-state index in [0.717, 1.165) is 5.56 Å². The van der Waals surface area contributed by atoms with Gasteiger partial charge in [0.15, 0.2) is 0 Å². The van der Waals surface area contributed by atoms with Crippen LogP contribution >= 0.6 is 23.2 Å². The molecule has 0 amide bonds. The van der Waals surface area contributed by atoms with E-state index in [1.807, 2.05) is 6.07 Å².